The summed E-state index contributed by atoms with van der Waals surface area (Å²) in [6.45, 7) is 7.70. The van der Waals surface area contributed by atoms with Crippen molar-refractivity contribution in [1.82, 2.24) is 4.90 Å². The van der Waals surface area contributed by atoms with Crippen LogP contribution in [0.3, 0.4) is 0 Å². The van der Waals surface area contributed by atoms with Crippen LogP contribution in [0.25, 0.3) is 0 Å². The third kappa shape index (κ3) is 4.04. The van der Waals surface area contributed by atoms with Gasteiger partial charge < -0.3 is 15.1 Å². The van der Waals surface area contributed by atoms with E-state index >= 15 is 0 Å². The largest absolute Gasteiger partial charge is 0.341 e. The van der Waals surface area contributed by atoms with Crippen LogP contribution in [0.4, 0.5) is 0 Å². The van der Waals surface area contributed by atoms with Gasteiger partial charge in [-0.15, -0.1) is 0 Å². The molecule has 0 saturated carbocycles. The lowest BCUT2D eigenvalue weighted by Crippen LogP contribution is -3.13. The number of nitrogens with zero attached hydrogens (tertiary/aromatic N) is 1. The van der Waals surface area contributed by atoms with Crippen molar-refractivity contribution in [3.63, 3.8) is 0 Å². The number of hydrogen-bond acceptors (Lipinski definition) is 1. The van der Waals surface area contributed by atoms with E-state index < -0.39 is 0 Å². The smallest absolute Gasteiger partial charge is 0.278 e. The Morgan fingerprint density at radius 2 is 2.11 bits per heavy atom. The van der Waals surface area contributed by atoms with E-state index in [0.717, 1.165) is 32.7 Å². The lowest BCUT2D eigenvalue weighted by atomic mass is 10.1. The summed E-state index contributed by atoms with van der Waals surface area (Å²) >= 11 is 0. The van der Waals surface area contributed by atoms with Gasteiger partial charge in [0.1, 0.15) is 6.54 Å². The Labute approximate surface area is 115 Å². The van der Waals surface area contributed by atoms with Gasteiger partial charge >= 0.3 is 0 Å². The molecule has 4 heteroatoms. The summed E-state index contributed by atoms with van der Waals surface area (Å²) in [5.41, 5.74) is 2.72. The fourth-order valence-corrected chi connectivity index (χ4v) is 2.66. The summed E-state index contributed by atoms with van der Waals surface area (Å²) in [6.07, 6.45) is 0. The van der Waals surface area contributed by atoms with Crippen LogP contribution in [0, 0.1) is 6.92 Å². The van der Waals surface area contributed by atoms with Gasteiger partial charge in [0.15, 0.2) is 6.54 Å². The molecule has 0 atom stereocenters. The van der Waals surface area contributed by atoms with Crippen LogP contribution < -0.4 is 10.2 Å². The van der Waals surface area contributed by atoms with Crippen LogP contribution in [0.1, 0.15) is 11.1 Å². The van der Waals surface area contributed by atoms with Crippen molar-refractivity contribution in [3.8, 4) is 0 Å². The van der Waals surface area contributed by atoms with Crippen molar-refractivity contribution in [1.29, 1.82) is 0 Å². The van der Waals surface area contributed by atoms with Crippen LogP contribution in [-0.4, -0.2) is 50.6 Å². The van der Waals surface area contributed by atoms with Crippen LogP contribution >= 0.6 is 0 Å². The molecule has 1 amide bonds. The number of likely N-dealkylation sites (N-methyl/N-ethyl adjacent to an activating group) is 1. The minimum absolute atomic E-state index is 0.275. The number of aryl methyl sites for hydroxylation is 1. The van der Waals surface area contributed by atoms with E-state index in [1.807, 2.05) is 17.3 Å². The number of carbonyl (C=O) groups is 1. The molecule has 1 aromatic carbocycles. The second-order valence-corrected chi connectivity index (χ2v) is 5.41. The van der Waals surface area contributed by atoms with Crippen molar-refractivity contribution in [2.24, 2.45) is 0 Å². The maximum Gasteiger partial charge on any atom is 0.278 e. The Morgan fingerprint density at radius 3 is 2.74 bits per heavy atom. The molecule has 1 fully saturated rings. The van der Waals surface area contributed by atoms with Gasteiger partial charge in [0, 0.05) is 5.56 Å². The van der Waals surface area contributed by atoms with Gasteiger partial charge in [-0.25, -0.2) is 0 Å². The summed E-state index contributed by atoms with van der Waals surface area (Å²) in [6, 6.07) is 8.72. The minimum Gasteiger partial charge on any atom is -0.341 e. The number of amides is 1. The van der Waals surface area contributed by atoms with E-state index in [2.05, 4.69) is 31.2 Å². The molecule has 0 aromatic heterocycles. The summed E-state index contributed by atoms with van der Waals surface area (Å²) < 4.78 is 0. The number of quaternary nitrogens is 2. The molecule has 1 aromatic rings. The molecule has 4 nitrogen and oxygen atoms in total. The Hall–Kier alpha value is -1.39. The normalized spacial score (nSPS) is 16.6. The van der Waals surface area contributed by atoms with Crippen LogP contribution in [-0.2, 0) is 11.3 Å². The number of carbonyl (C=O) groups excluding carboxylic acids is 1. The van der Waals surface area contributed by atoms with Gasteiger partial charge in [0.05, 0.1) is 33.2 Å². The second kappa shape index (κ2) is 6.68. The Morgan fingerprint density at radius 1 is 1.37 bits per heavy atom. The van der Waals surface area contributed by atoms with Crippen molar-refractivity contribution in [3.05, 3.63) is 35.4 Å². The van der Waals surface area contributed by atoms with Gasteiger partial charge in [-0.2, -0.15) is 0 Å². The highest BCUT2D eigenvalue weighted by Gasteiger charge is 2.23. The zero-order valence-electron chi connectivity index (χ0n) is 12.0. The molecule has 0 aliphatic carbocycles. The monoisotopic (exact) mass is 263 g/mol. The standard InChI is InChI=1S/C15H23N3O/c1-13-4-3-5-14(10-13)12-17-6-8-18(9-7-17)15(19)11-16-2/h3-5,10,16H,6-9,11-12H2,1-2H3/p+2. The molecular weight excluding hydrogens is 238 g/mol. The van der Waals surface area contributed by atoms with Crippen LogP contribution in [0.5, 0.6) is 0 Å². The highest BCUT2D eigenvalue weighted by atomic mass is 16.2. The highest BCUT2D eigenvalue weighted by Crippen LogP contribution is 2.02. The number of hydrogen-bond donors (Lipinski definition) is 2. The fraction of sp³-hybridized carbons (Fsp3) is 0.533. The first-order valence-electron chi connectivity index (χ1n) is 7.13. The predicted molar refractivity (Wildman–Crippen MR) is 74.9 cm³/mol. The van der Waals surface area contributed by atoms with Crippen LogP contribution in [0.15, 0.2) is 24.3 Å². The first kappa shape index (κ1) is 14.0. The summed E-state index contributed by atoms with van der Waals surface area (Å²) in [5, 5.41) is 1.94. The molecular formula is C15H25N3O+2. The lowest BCUT2D eigenvalue weighted by molar-refractivity contribution is -0.917. The van der Waals surface area contributed by atoms with Crippen LogP contribution in [0.2, 0.25) is 0 Å². The van der Waals surface area contributed by atoms with Gasteiger partial charge in [0.2, 0.25) is 0 Å². The number of nitrogens with two attached hydrogens (primary N) is 1. The van der Waals surface area contributed by atoms with E-state index in [-0.39, 0.29) is 5.91 Å². The van der Waals surface area contributed by atoms with E-state index in [1.54, 1.807) is 4.90 Å². The molecule has 19 heavy (non-hydrogen) atoms. The minimum atomic E-state index is 0.275. The molecule has 104 valence electrons. The summed E-state index contributed by atoms with van der Waals surface area (Å²) in [4.78, 5) is 15.4. The molecule has 1 saturated heterocycles. The van der Waals surface area contributed by atoms with Crippen molar-refractivity contribution < 1.29 is 15.0 Å². The lowest BCUT2D eigenvalue weighted by Gasteiger charge is -2.31. The Bertz CT molecular complexity index is 425. The van der Waals surface area contributed by atoms with E-state index in [0.29, 0.717) is 6.54 Å². The molecule has 1 aliphatic heterocycles. The molecule has 2 rings (SSSR count). The third-order valence-corrected chi connectivity index (χ3v) is 3.74. The van der Waals surface area contributed by atoms with E-state index in [4.69, 9.17) is 0 Å². The van der Waals surface area contributed by atoms with E-state index in [1.165, 1.54) is 11.1 Å². The molecule has 0 radical (unpaired) electrons. The van der Waals surface area contributed by atoms with Gasteiger partial charge in [-0.1, -0.05) is 29.8 Å². The van der Waals surface area contributed by atoms with Crippen molar-refractivity contribution in [2.75, 3.05) is 39.8 Å². The van der Waals surface area contributed by atoms with Gasteiger partial charge in [-0.05, 0) is 6.92 Å². The molecule has 1 heterocycles. The van der Waals surface area contributed by atoms with E-state index in [9.17, 15) is 4.79 Å². The van der Waals surface area contributed by atoms with Crippen molar-refractivity contribution in [2.45, 2.75) is 13.5 Å². The number of benzene rings is 1. The molecule has 3 N–H and O–H groups in total. The Balaban J connectivity index is 1.82. The average molecular weight is 263 g/mol. The number of nitrogens with one attached hydrogen (secondary N) is 1. The summed E-state index contributed by atoms with van der Waals surface area (Å²) in [7, 11) is 1.94. The Kier molecular flexibility index (Phi) is 4.93. The zero-order chi connectivity index (χ0) is 13.7. The highest BCUT2D eigenvalue weighted by molar-refractivity contribution is 5.77. The van der Waals surface area contributed by atoms with Gasteiger partial charge in [0.25, 0.3) is 5.91 Å². The first-order chi connectivity index (χ1) is 9.19. The molecule has 0 spiro atoms. The maximum absolute atomic E-state index is 11.8. The fourth-order valence-electron chi connectivity index (χ4n) is 2.66. The SMILES string of the molecule is C[NH2+]CC(=O)N1CC[NH+](Cc2cccc(C)c2)CC1. The van der Waals surface area contributed by atoms with Crippen molar-refractivity contribution >= 4 is 5.91 Å². The molecule has 1 aliphatic rings. The maximum atomic E-state index is 11.8. The third-order valence-electron chi connectivity index (χ3n) is 3.74. The quantitative estimate of drug-likeness (QED) is 0.676. The zero-order valence-corrected chi connectivity index (χ0v) is 12.0. The molecule has 0 unspecified atom stereocenters. The molecule has 0 bridgehead atoms. The van der Waals surface area contributed by atoms with Gasteiger partial charge in [-0.3, -0.25) is 4.79 Å². The predicted octanol–water partition coefficient (Wildman–Crippen LogP) is -1.58. The topological polar surface area (TPSA) is 41.4 Å². The second-order valence-electron chi connectivity index (χ2n) is 5.41. The summed E-state index contributed by atoms with van der Waals surface area (Å²) in [5.74, 6) is 0.275. The number of piperazine rings is 1. The average Bonchev–Trinajstić information content (AvgIpc) is 2.40. The first-order valence-corrected chi connectivity index (χ1v) is 7.13. The number of rotatable bonds is 4.